The summed E-state index contributed by atoms with van der Waals surface area (Å²) in [7, 11) is 0. The molecule has 2 rings (SSSR count). The molecule has 0 aliphatic carbocycles. The molecule has 6 nitrogen and oxygen atoms in total. The number of nitrogens with one attached hydrogen (secondary N) is 1. The lowest BCUT2D eigenvalue weighted by atomic mass is 10.1. The Kier molecular flexibility index (Phi) is 6.40. The van der Waals surface area contributed by atoms with Crippen molar-refractivity contribution >= 4 is 11.6 Å². The van der Waals surface area contributed by atoms with E-state index in [-0.39, 0.29) is 32.3 Å². The number of benzene rings is 2. The van der Waals surface area contributed by atoms with Crippen molar-refractivity contribution in [3.63, 3.8) is 0 Å². The minimum atomic E-state index is -0.306. The van der Waals surface area contributed by atoms with Crippen LogP contribution in [0.25, 0.3) is 0 Å². The Morgan fingerprint density at radius 1 is 0.913 bits per heavy atom. The van der Waals surface area contributed by atoms with Gasteiger partial charge in [-0.2, -0.15) is 0 Å². The first-order chi connectivity index (χ1) is 11.2. The number of anilines is 1. The van der Waals surface area contributed by atoms with Crippen LogP contribution in [0.2, 0.25) is 0 Å². The standard InChI is InChI=1S/C17H19NO5/c19-6-8-22-15-10-13(11-16(12-15)23-9-7-20)17(21)18-14-4-2-1-3-5-14/h1-5,10-12,19-20H,6-9H2,(H,18,21). The van der Waals surface area contributed by atoms with Gasteiger partial charge < -0.3 is 25.0 Å². The molecule has 0 saturated heterocycles. The number of rotatable bonds is 8. The fourth-order valence-corrected chi connectivity index (χ4v) is 1.92. The van der Waals surface area contributed by atoms with Crippen LogP contribution in [-0.2, 0) is 0 Å². The smallest absolute Gasteiger partial charge is 0.255 e. The second-order valence-corrected chi connectivity index (χ2v) is 4.66. The van der Waals surface area contributed by atoms with Crippen molar-refractivity contribution in [2.45, 2.75) is 0 Å². The topological polar surface area (TPSA) is 88.0 Å². The minimum absolute atomic E-state index is 0.114. The predicted octanol–water partition coefficient (Wildman–Crippen LogP) is 1.68. The third-order valence-electron chi connectivity index (χ3n) is 2.89. The number of amides is 1. The molecule has 1 amide bonds. The van der Waals surface area contributed by atoms with E-state index in [1.807, 2.05) is 18.2 Å². The minimum Gasteiger partial charge on any atom is -0.491 e. The van der Waals surface area contributed by atoms with Gasteiger partial charge >= 0.3 is 0 Å². The predicted molar refractivity (Wildman–Crippen MR) is 86.0 cm³/mol. The van der Waals surface area contributed by atoms with Gasteiger partial charge in [0.15, 0.2) is 0 Å². The highest BCUT2D eigenvalue weighted by Crippen LogP contribution is 2.24. The molecule has 0 spiro atoms. The molecule has 2 aromatic carbocycles. The third kappa shape index (κ3) is 5.28. The molecule has 3 N–H and O–H groups in total. The van der Waals surface area contributed by atoms with E-state index in [1.165, 1.54) is 0 Å². The maximum absolute atomic E-state index is 12.3. The lowest BCUT2D eigenvalue weighted by Crippen LogP contribution is -2.13. The maximum Gasteiger partial charge on any atom is 0.255 e. The number of aliphatic hydroxyl groups excluding tert-OH is 2. The van der Waals surface area contributed by atoms with Crippen LogP contribution in [0.4, 0.5) is 5.69 Å². The second kappa shape index (κ2) is 8.77. The summed E-state index contributed by atoms with van der Waals surface area (Å²) in [5, 5.41) is 20.5. The van der Waals surface area contributed by atoms with Crippen molar-refractivity contribution in [2.24, 2.45) is 0 Å². The summed E-state index contributed by atoms with van der Waals surface area (Å²) in [5.74, 6) is 0.514. The molecule has 0 fully saturated rings. The number of carbonyl (C=O) groups is 1. The summed E-state index contributed by atoms with van der Waals surface area (Å²) in [6, 6.07) is 13.8. The zero-order valence-corrected chi connectivity index (χ0v) is 12.6. The van der Waals surface area contributed by atoms with Crippen molar-refractivity contribution in [1.29, 1.82) is 0 Å². The van der Waals surface area contributed by atoms with Crippen molar-refractivity contribution in [3.05, 3.63) is 54.1 Å². The van der Waals surface area contributed by atoms with Crippen molar-refractivity contribution in [2.75, 3.05) is 31.7 Å². The molecular weight excluding hydrogens is 298 g/mol. The number of carbonyl (C=O) groups excluding carboxylic acids is 1. The van der Waals surface area contributed by atoms with Gasteiger partial charge in [0.1, 0.15) is 24.7 Å². The molecule has 0 atom stereocenters. The van der Waals surface area contributed by atoms with E-state index >= 15 is 0 Å². The van der Waals surface area contributed by atoms with Crippen LogP contribution in [0.1, 0.15) is 10.4 Å². The zero-order chi connectivity index (χ0) is 16.5. The molecule has 0 unspecified atom stereocenters. The van der Waals surface area contributed by atoms with Gasteiger partial charge in [-0.15, -0.1) is 0 Å². The zero-order valence-electron chi connectivity index (χ0n) is 12.6. The molecule has 23 heavy (non-hydrogen) atoms. The Hall–Kier alpha value is -2.57. The lowest BCUT2D eigenvalue weighted by molar-refractivity contribution is 0.102. The van der Waals surface area contributed by atoms with E-state index in [1.54, 1.807) is 30.3 Å². The van der Waals surface area contributed by atoms with E-state index in [4.69, 9.17) is 19.7 Å². The molecule has 122 valence electrons. The maximum atomic E-state index is 12.3. The number of hydrogen-bond acceptors (Lipinski definition) is 5. The Labute approximate surface area is 134 Å². The van der Waals surface area contributed by atoms with E-state index in [0.29, 0.717) is 22.7 Å². The number of ether oxygens (including phenoxy) is 2. The fraction of sp³-hybridized carbons (Fsp3) is 0.235. The molecule has 6 heteroatoms. The summed E-state index contributed by atoms with van der Waals surface area (Å²) >= 11 is 0. The summed E-state index contributed by atoms with van der Waals surface area (Å²) in [5.41, 5.74) is 1.04. The van der Waals surface area contributed by atoms with Crippen LogP contribution in [0.5, 0.6) is 11.5 Å². The van der Waals surface area contributed by atoms with Gasteiger partial charge in [0.2, 0.25) is 0 Å². The number of para-hydroxylation sites is 1. The highest BCUT2D eigenvalue weighted by Gasteiger charge is 2.11. The first-order valence-electron chi connectivity index (χ1n) is 7.21. The normalized spacial score (nSPS) is 10.2. The molecule has 0 aliphatic heterocycles. The van der Waals surface area contributed by atoms with Gasteiger partial charge in [-0.05, 0) is 24.3 Å². The van der Waals surface area contributed by atoms with Gasteiger partial charge in [0, 0.05) is 17.3 Å². The van der Waals surface area contributed by atoms with Crippen molar-refractivity contribution < 1.29 is 24.5 Å². The van der Waals surface area contributed by atoms with Gasteiger partial charge in [-0.1, -0.05) is 18.2 Å². The summed E-state index contributed by atoms with van der Waals surface area (Å²) in [6.07, 6.45) is 0. The molecule has 2 aromatic rings. The molecule has 0 saturated carbocycles. The third-order valence-corrected chi connectivity index (χ3v) is 2.89. The first kappa shape index (κ1) is 16.8. The lowest BCUT2D eigenvalue weighted by Gasteiger charge is -2.12. The van der Waals surface area contributed by atoms with Crippen LogP contribution in [-0.4, -0.2) is 42.5 Å². The Morgan fingerprint density at radius 3 is 2.00 bits per heavy atom. The second-order valence-electron chi connectivity index (χ2n) is 4.66. The largest absolute Gasteiger partial charge is 0.491 e. The van der Waals surface area contributed by atoms with E-state index < -0.39 is 0 Å². The average molecular weight is 317 g/mol. The van der Waals surface area contributed by atoms with Crippen LogP contribution < -0.4 is 14.8 Å². The quantitative estimate of drug-likeness (QED) is 0.689. The Morgan fingerprint density at radius 2 is 1.48 bits per heavy atom. The number of aliphatic hydroxyl groups is 2. The summed E-state index contributed by atoms with van der Waals surface area (Å²) < 4.78 is 10.7. The molecular formula is C17H19NO5. The SMILES string of the molecule is O=C(Nc1ccccc1)c1cc(OCCO)cc(OCCO)c1. The molecule has 0 bridgehead atoms. The molecule has 0 radical (unpaired) electrons. The van der Waals surface area contributed by atoms with Crippen LogP contribution in [0.3, 0.4) is 0 Å². The average Bonchev–Trinajstić information content (AvgIpc) is 2.59. The van der Waals surface area contributed by atoms with Gasteiger partial charge in [-0.3, -0.25) is 4.79 Å². The molecule has 0 aliphatic rings. The number of hydrogen-bond donors (Lipinski definition) is 3. The van der Waals surface area contributed by atoms with Crippen LogP contribution in [0.15, 0.2) is 48.5 Å². The monoisotopic (exact) mass is 317 g/mol. The summed E-state index contributed by atoms with van der Waals surface area (Å²) in [4.78, 5) is 12.3. The highest BCUT2D eigenvalue weighted by molar-refractivity contribution is 6.04. The Bertz CT molecular complexity index is 604. The van der Waals surface area contributed by atoms with Gasteiger partial charge in [-0.25, -0.2) is 0 Å². The van der Waals surface area contributed by atoms with Crippen molar-refractivity contribution in [3.8, 4) is 11.5 Å². The Balaban J connectivity index is 2.18. The molecule has 0 heterocycles. The molecule has 0 aromatic heterocycles. The van der Waals surface area contributed by atoms with E-state index in [2.05, 4.69) is 5.32 Å². The van der Waals surface area contributed by atoms with E-state index in [0.717, 1.165) is 0 Å². The highest BCUT2D eigenvalue weighted by atomic mass is 16.5. The fourth-order valence-electron chi connectivity index (χ4n) is 1.92. The first-order valence-corrected chi connectivity index (χ1v) is 7.21. The van der Waals surface area contributed by atoms with Gasteiger partial charge in [0.05, 0.1) is 13.2 Å². The van der Waals surface area contributed by atoms with Crippen molar-refractivity contribution in [1.82, 2.24) is 0 Å². The van der Waals surface area contributed by atoms with Gasteiger partial charge in [0.25, 0.3) is 5.91 Å². The van der Waals surface area contributed by atoms with Crippen LogP contribution >= 0.6 is 0 Å². The summed E-state index contributed by atoms with van der Waals surface area (Å²) in [6.45, 7) is -0.0348. The van der Waals surface area contributed by atoms with Crippen LogP contribution in [0, 0.1) is 0 Å². The van der Waals surface area contributed by atoms with E-state index in [9.17, 15) is 4.79 Å².